The molecule has 0 unspecified atom stereocenters. The van der Waals surface area contributed by atoms with Crippen molar-refractivity contribution in [1.82, 2.24) is 8.87 Å². The van der Waals surface area contributed by atoms with E-state index in [0.717, 1.165) is 10.0 Å². The molecule has 1 aromatic heterocycles. The van der Waals surface area contributed by atoms with E-state index in [-0.39, 0.29) is 22.9 Å². The normalized spacial score (nSPS) is 17.7. The molecule has 0 saturated carbocycles. The van der Waals surface area contributed by atoms with Crippen LogP contribution in [0.4, 0.5) is 5.69 Å². The zero-order valence-corrected chi connectivity index (χ0v) is 19.5. The van der Waals surface area contributed by atoms with Crippen LogP contribution in [-0.4, -0.2) is 36.3 Å². The maximum Gasteiger partial charge on any atom is 0.419 e. The van der Waals surface area contributed by atoms with E-state index in [2.05, 4.69) is 21.2 Å². The molecule has 3 aromatic rings. The molecular formula is C21H22BrN3O5S. The molecule has 1 aliphatic rings. The number of oxazole rings is 1. The first kappa shape index (κ1) is 21.8. The molecule has 0 spiro atoms. The first-order valence-corrected chi connectivity index (χ1v) is 12.1. The number of benzene rings is 2. The average Bonchev–Trinajstić information content (AvgIpc) is 3.04. The number of nitrogens with one attached hydrogen (secondary N) is 1. The summed E-state index contributed by atoms with van der Waals surface area (Å²) in [5.41, 5.74) is 2.40. The molecule has 1 fully saturated rings. The predicted molar refractivity (Wildman–Crippen MR) is 120 cm³/mol. The van der Waals surface area contributed by atoms with Crippen LogP contribution in [0.15, 0.2) is 55.0 Å². The van der Waals surface area contributed by atoms with E-state index in [1.54, 1.807) is 19.2 Å². The highest BCUT2D eigenvalue weighted by Crippen LogP contribution is 2.27. The van der Waals surface area contributed by atoms with Gasteiger partial charge >= 0.3 is 5.76 Å². The van der Waals surface area contributed by atoms with Crippen molar-refractivity contribution >= 4 is 48.6 Å². The van der Waals surface area contributed by atoms with Crippen molar-refractivity contribution in [2.45, 2.75) is 24.7 Å². The largest absolute Gasteiger partial charge is 0.419 e. The Kier molecular flexibility index (Phi) is 5.80. The van der Waals surface area contributed by atoms with Gasteiger partial charge in [-0.1, -0.05) is 15.9 Å². The van der Waals surface area contributed by atoms with Gasteiger partial charge in [-0.3, -0.25) is 9.36 Å². The van der Waals surface area contributed by atoms with Crippen LogP contribution in [0.5, 0.6) is 0 Å². The van der Waals surface area contributed by atoms with Gasteiger partial charge in [-0.2, -0.15) is 4.31 Å². The van der Waals surface area contributed by atoms with Crippen molar-refractivity contribution in [2.75, 3.05) is 18.4 Å². The molecule has 0 bridgehead atoms. The molecule has 8 nitrogen and oxygen atoms in total. The molecule has 1 amide bonds. The Morgan fingerprint density at radius 2 is 2.00 bits per heavy atom. The number of aromatic nitrogens is 1. The lowest BCUT2D eigenvalue weighted by atomic mass is 9.98. The van der Waals surface area contributed by atoms with Crippen molar-refractivity contribution in [2.24, 2.45) is 13.0 Å². The van der Waals surface area contributed by atoms with Gasteiger partial charge in [-0.05, 0) is 55.7 Å². The van der Waals surface area contributed by atoms with Crippen LogP contribution in [-0.2, 0) is 21.9 Å². The van der Waals surface area contributed by atoms with E-state index in [9.17, 15) is 18.0 Å². The number of carbonyl (C=O) groups is 1. The second-order valence-electron chi connectivity index (χ2n) is 7.71. The fraction of sp³-hybridized carbons (Fsp3) is 0.333. The van der Waals surface area contributed by atoms with Crippen LogP contribution >= 0.6 is 15.9 Å². The summed E-state index contributed by atoms with van der Waals surface area (Å²) < 4.78 is 35.1. The van der Waals surface area contributed by atoms with E-state index >= 15 is 0 Å². The van der Waals surface area contributed by atoms with Gasteiger partial charge in [0.25, 0.3) is 0 Å². The Morgan fingerprint density at radius 1 is 1.23 bits per heavy atom. The average molecular weight is 508 g/mol. The highest BCUT2D eigenvalue weighted by Gasteiger charge is 2.33. The first-order chi connectivity index (χ1) is 14.7. The molecule has 1 saturated heterocycles. The van der Waals surface area contributed by atoms with Crippen LogP contribution in [0.2, 0.25) is 0 Å². The van der Waals surface area contributed by atoms with E-state index < -0.39 is 21.7 Å². The highest BCUT2D eigenvalue weighted by molar-refractivity contribution is 9.10. The summed E-state index contributed by atoms with van der Waals surface area (Å²) in [5.74, 6) is -1.21. The van der Waals surface area contributed by atoms with Crippen LogP contribution < -0.4 is 11.1 Å². The lowest BCUT2D eigenvalue weighted by Gasteiger charge is -2.31. The number of amides is 1. The second-order valence-corrected chi connectivity index (χ2v) is 10.5. The molecule has 10 heteroatoms. The van der Waals surface area contributed by atoms with E-state index in [1.165, 1.54) is 21.0 Å². The van der Waals surface area contributed by atoms with E-state index in [0.29, 0.717) is 30.6 Å². The van der Waals surface area contributed by atoms with Crippen molar-refractivity contribution < 1.29 is 17.6 Å². The number of carbonyl (C=O) groups excluding carboxylic acids is 1. The van der Waals surface area contributed by atoms with E-state index in [1.807, 2.05) is 19.1 Å². The Labute approximate surface area is 188 Å². The highest BCUT2D eigenvalue weighted by atomic mass is 79.9. The van der Waals surface area contributed by atoms with Gasteiger partial charge in [-0.15, -0.1) is 0 Å². The minimum absolute atomic E-state index is 0.0407. The summed E-state index contributed by atoms with van der Waals surface area (Å²) in [7, 11) is -2.27. The van der Waals surface area contributed by atoms with Gasteiger partial charge in [-0.25, -0.2) is 13.2 Å². The summed E-state index contributed by atoms with van der Waals surface area (Å²) in [6.07, 6.45) is 1.19. The summed E-state index contributed by atoms with van der Waals surface area (Å²) in [5, 5.41) is 2.89. The lowest BCUT2D eigenvalue weighted by Crippen LogP contribution is -2.43. The van der Waals surface area contributed by atoms with Gasteiger partial charge in [0.1, 0.15) is 0 Å². The minimum Gasteiger partial charge on any atom is -0.408 e. The van der Waals surface area contributed by atoms with Crippen LogP contribution in [0.3, 0.4) is 0 Å². The van der Waals surface area contributed by atoms with Gasteiger partial charge in [0.2, 0.25) is 15.9 Å². The number of fused-ring (bicyclic) bond motifs is 1. The van der Waals surface area contributed by atoms with Gasteiger partial charge < -0.3 is 9.73 Å². The number of hydrogen-bond acceptors (Lipinski definition) is 5. The smallest absolute Gasteiger partial charge is 0.408 e. The van der Waals surface area contributed by atoms with Crippen molar-refractivity contribution in [3.05, 3.63) is 57.0 Å². The number of nitrogens with zero attached hydrogens (tertiary/aromatic N) is 2. The number of halogens is 1. The van der Waals surface area contributed by atoms with Gasteiger partial charge in [0.15, 0.2) is 5.58 Å². The molecule has 2 heterocycles. The molecule has 164 valence electrons. The number of piperidine rings is 1. The monoisotopic (exact) mass is 507 g/mol. The Hall–Kier alpha value is -2.43. The topological polar surface area (TPSA) is 102 Å². The fourth-order valence-electron chi connectivity index (χ4n) is 3.77. The summed E-state index contributed by atoms with van der Waals surface area (Å²) in [4.78, 5) is 24.5. The quantitative estimate of drug-likeness (QED) is 0.583. The number of anilines is 1. The third-order valence-corrected chi connectivity index (χ3v) is 8.33. The van der Waals surface area contributed by atoms with Crippen LogP contribution in [0, 0.1) is 12.8 Å². The SMILES string of the molecule is Cc1cc(NC(=O)[C@H]2CCCN(S(=O)(=O)c3ccc4c(c3)oc(=O)n4C)C2)ccc1Br. The summed E-state index contributed by atoms with van der Waals surface area (Å²) in [6, 6.07) is 9.90. The molecule has 1 N–H and O–H groups in total. The maximum atomic E-state index is 13.2. The lowest BCUT2D eigenvalue weighted by molar-refractivity contribution is -0.120. The number of sulfonamides is 1. The maximum absolute atomic E-state index is 13.2. The molecular weight excluding hydrogens is 486 g/mol. The minimum atomic E-state index is -3.83. The summed E-state index contributed by atoms with van der Waals surface area (Å²) >= 11 is 3.43. The molecule has 1 aliphatic heterocycles. The number of aryl methyl sites for hydroxylation is 2. The second kappa shape index (κ2) is 8.25. The molecule has 4 rings (SSSR count). The van der Waals surface area contributed by atoms with Gasteiger partial charge in [0, 0.05) is 36.4 Å². The van der Waals surface area contributed by atoms with Crippen LogP contribution in [0.25, 0.3) is 11.1 Å². The third-order valence-electron chi connectivity index (χ3n) is 5.58. The fourth-order valence-corrected chi connectivity index (χ4v) is 5.55. The Morgan fingerprint density at radius 3 is 2.74 bits per heavy atom. The molecule has 0 aliphatic carbocycles. The zero-order valence-electron chi connectivity index (χ0n) is 17.1. The zero-order chi connectivity index (χ0) is 22.3. The number of hydrogen-bond donors (Lipinski definition) is 1. The molecule has 31 heavy (non-hydrogen) atoms. The summed E-state index contributed by atoms with van der Waals surface area (Å²) in [6.45, 7) is 2.36. The van der Waals surface area contributed by atoms with Crippen molar-refractivity contribution in [3.8, 4) is 0 Å². The molecule has 2 aromatic carbocycles. The van der Waals surface area contributed by atoms with Gasteiger partial charge in [0.05, 0.1) is 16.3 Å². The van der Waals surface area contributed by atoms with Crippen molar-refractivity contribution in [3.63, 3.8) is 0 Å². The van der Waals surface area contributed by atoms with E-state index in [4.69, 9.17) is 4.42 Å². The van der Waals surface area contributed by atoms with Crippen molar-refractivity contribution in [1.29, 1.82) is 0 Å². The Balaban J connectivity index is 1.53. The third kappa shape index (κ3) is 4.19. The number of rotatable bonds is 4. The standard InChI is InChI=1S/C21H22BrN3O5S/c1-13-10-15(5-7-17(13)22)23-20(26)14-4-3-9-25(12-14)31(28,29)16-6-8-18-19(11-16)30-21(27)24(18)2/h5-8,10-11,14H,3-4,9,12H2,1-2H3,(H,23,26)/t14-/m0/s1. The first-order valence-electron chi connectivity index (χ1n) is 9.83. The molecule has 0 radical (unpaired) electrons. The predicted octanol–water partition coefficient (Wildman–Crippen LogP) is 3.24. The van der Waals surface area contributed by atoms with Crippen LogP contribution in [0.1, 0.15) is 18.4 Å². The molecule has 1 atom stereocenters. The Bertz CT molecular complexity index is 1330.